The van der Waals surface area contributed by atoms with Crippen molar-refractivity contribution in [3.8, 4) is 0 Å². The molecule has 1 aromatic carbocycles. The number of guanidine groups is 1. The lowest BCUT2D eigenvalue weighted by Gasteiger charge is -2.24. The first-order valence-electron chi connectivity index (χ1n) is 9.75. The van der Waals surface area contributed by atoms with E-state index in [1.807, 2.05) is 21.0 Å². The van der Waals surface area contributed by atoms with Crippen molar-refractivity contribution in [1.29, 1.82) is 0 Å². The second-order valence-electron chi connectivity index (χ2n) is 7.59. The molecule has 5 nitrogen and oxygen atoms in total. The number of hydrogen-bond donors (Lipinski definition) is 2. The van der Waals surface area contributed by atoms with Gasteiger partial charge in [0, 0.05) is 25.7 Å². The maximum atomic E-state index is 12.6. The summed E-state index contributed by atoms with van der Waals surface area (Å²) in [5.74, 6) is 0.653. The van der Waals surface area contributed by atoms with Gasteiger partial charge in [-0.25, -0.2) is 0 Å². The topological polar surface area (TPSA) is 42.9 Å². The number of likely N-dealkylation sites (N-methyl/N-ethyl adjacent to an activating group) is 1. The molecule has 0 amide bonds. The molecule has 9 heteroatoms. The van der Waals surface area contributed by atoms with E-state index in [1.54, 1.807) is 0 Å². The molecule has 166 valence electrons. The number of aliphatic imine (C=N–C) groups is 1. The summed E-state index contributed by atoms with van der Waals surface area (Å²) in [5, 5.41) is 6.51. The summed E-state index contributed by atoms with van der Waals surface area (Å²) in [5.41, 5.74) is 2.40. The van der Waals surface area contributed by atoms with Gasteiger partial charge in [-0.1, -0.05) is 29.8 Å². The standard InChI is InChI=1S/C20H32F3N5.HI/c1-5-24-19(26-17-10-11-28(13-17)14-20(21,22)23)25-12-18(27(3)4)16-8-6-15(2)7-9-16;/h6-9,17-18H,5,10-14H2,1-4H3,(H2,24,25,26);1H. The lowest BCUT2D eigenvalue weighted by molar-refractivity contribution is -0.143. The van der Waals surface area contributed by atoms with Crippen LogP contribution in [0.5, 0.6) is 0 Å². The molecule has 0 aliphatic carbocycles. The highest BCUT2D eigenvalue weighted by molar-refractivity contribution is 14.0. The Labute approximate surface area is 189 Å². The molecule has 0 saturated carbocycles. The van der Waals surface area contributed by atoms with Crippen molar-refractivity contribution in [3.63, 3.8) is 0 Å². The van der Waals surface area contributed by atoms with Gasteiger partial charge < -0.3 is 15.5 Å². The van der Waals surface area contributed by atoms with Crippen LogP contribution in [0.15, 0.2) is 29.3 Å². The largest absolute Gasteiger partial charge is 0.401 e. The van der Waals surface area contributed by atoms with Crippen molar-refractivity contribution in [1.82, 2.24) is 20.4 Å². The molecule has 1 aromatic rings. The van der Waals surface area contributed by atoms with Crippen LogP contribution in [0.25, 0.3) is 0 Å². The maximum Gasteiger partial charge on any atom is 0.401 e. The first kappa shape index (κ1) is 26.0. The van der Waals surface area contributed by atoms with Crippen LogP contribution in [0.4, 0.5) is 13.2 Å². The van der Waals surface area contributed by atoms with E-state index >= 15 is 0 Å². The van der Waals surface area contributed by atoms with Crippen LogP contribution in [-0.4, -0.2) is 74.8 Å². The molecule has 1 heterocycles. The van der Waals surface area contributed by atoms with Gasteiger partial charge in [-0.2, -0.15) is 13.2 Å². The minimum Gasteiger partial charge on any atom is -0.357 e. The van der Waals surface area contributed by atoms with E-state index in [9.17, 15) is 13.2 Å². The second kappa shape index (κ2) is 11.9. The highest BCUT2D eigenvalue weighted by Gasteiger charge is 2.34. The van der Waals surface area contributed by atoms with Gasteiger partial charge in [0.2, 0.25) is 0 Å². The van der Waals surface area contributed by atoms with Gasteiger partial charge in [-0.15, -0.1) is 24.0 Å². The normalized spacial score (nSPS) is 19.2. The van der Waals surface area contributed by atoms with E-state index < -0.39 is 12.7 Å². The molecule has 29 heavy (non-hydrogen) atoms. The van der Waals surface area contributed by atoms with Gasteiger partial charge in [0.15, 0.2) is 5.96 Å². The van der Waals surface area contributed by atoms with Crippen LogP contribution in [0, 0.1) is 6.92 Å². The molecular weight excluding hydrogens is 494 g/mol. The summed E-state index contributed by atoms with van der Waals surface area (Å²) in [6.07, 6.45) is -3.48. The Bertz CT molecular complexity index is 634. The third kappa shape index (κ3) is 9.08. The molecule has 1 saturated heterocycles. The Balaban J connectivity index is 0.00000420. The minimum absolute atomic E-state index is 0. The number of hydrogen-bond acceptors (Lipinski definition) is 3. The third-order valence-electron chi connectivity index (χ3n) is 4.87. The fourth-order valence-electron chi connectivity index (χ4n) is 3.39. The second-order valence-corrected chi connectivity index (χ2v) is 7.59. The Kier molecular flexibility index (Phi) is 10.7. The number of aryl methyl sites for hydroxylation is 1. The average Bonchev–Trinajstić information content (AvgIpc) is 3.01. The fourth-order valence-corrected chi connectivity index (χ4v) is 3.39. The van der Waals surface area contributed by atoms with Crippen molar-refractivity contribution < 1.29 is 13.2 Å². The number of benzene rings is 1. The number of alkyl halides is 3. The van der Waals surface area contributed by atoms with Crippen molar-refractivity contribution in [2.45, 2.75) is 38.5 Å². The summed E-state index contributed by atoms with van der Waals surface area (Å²) in [6, 6.07) is 8.50. The molecule has 2 atom stereocenters. The highest BCUT2D eigenvalue weighted by atomic mass is 127. The molecular formula is C20H33F3IN5. The summed E-state index contributed by atoms with van der Waals surface area (Å²) in [6.45, 7) is 5.26. The lowest BCUT2D eigenvalue weighted by Crippen LogP contribution is -2.45. The van der Waals surface area contributed by atoms with E-state index in [2.05, 4.69) is 46.7 Å². The Hall–Kier alpha value is -1.07. The first-order chi connectivity index (χ1) is 13.2. The van der Waals surface area contributed by atoms with Crippen LogP contribution in [0.3, 0.4) is 0 Å². The molecule has 1 aliphatic rings. The summed E-state index contributed by atoms with van der Waals surface area (Å²) < 4.78 is 37.8. The predicted molar refractivity (Wildman–Crippen MR) is 123 cm³/mol. The molecule has 0 radical (unpaired) electrons. The predicted octanol–water partition coefficient (Wildman–Crippen LogP) is 3.41. The van der Waals surface area contributed by atoms with E-state index in [0.29, 0.717) is 38.6 Å². The van der Waals surface area contributed by atoms with Gasteiger partial charge in [0.25, 0.3) is 0 Å². The van der Waals surface area contributed by atoms with Gasteiger partial charge in [-0.05, 0) is 39.9 Å². The van der Waals surface area contributed by atoms with E-state index in [-0.39, 0.29) is 36.1 Å². The molecule has 2 rings (SSSR count). The Morgan fingerprint density at radius 3 is 2.48 bits per heavy atom. The smallest absolute Gasteiger partial charge is 0.357 e. The van der Waals surface area contributed by atoms with Gasteiger partial charge in [0.1, 0.15) is 0 Å². The molecule has 2 N–H and O–H groups in total. The van der Waals surface area contributed by atoms with Gasteiger partial charge >= 0.3 is 6.18 Å². The lowest BCUT2D eigenvalue weighted by atomic mass is 10.0. The number of halogens is 4. The quantitative estimate of drug-likeness (QED) is 0.324. The van der Waals surface area contributed by atoms with E-state index in [0.717, 1.165) is 0 Å². The number of rotatable bonds is 7. The van der Waals surface area contributed by atoms with Gasteiger partial charge in [-0.3, -0.25) is 9.89 Å². The van der Waals surface area contributed by atoms with E-state index in [1.165, 1.54) is 16.0 Å². The zero-order valence-corrected chi connectivity index (χ0v) is 19.9. The maximum absolute atomic E-state index is 12.6. The van der Waals surface area contributed by atoms with E-state index in [4.69, 9.17) is 4.99 Å². The minimum atomic E-state index is -4.15. The molecule has 1 aliphatic heterocycles. The van der Waals surface area contributed by atoms with Crippen LogP contribution >= 0.6 is 24.0 Å². The van der Waals surface area contributed by atoms with Gasteiger partial charge in [0.05, 0.1) is 19.1 Å². The Morgan fingerprint density at radius 1 is 1.28 bits per heavy atom. The van der Waals surface area contributed by atoms with Crippen molar-refractivity contribution in [2.75, 3.05) is 46.8 Å². The number of likely N-dealkylation sites (tertiary alicyclic amines) is 1. The van der Waals surface area contributed by atoms with Crippen molar-refractivity contribution >= 4 is 29.9 Å². The molecule has 0 bridgehead atoms. The van der Waals surface area contributed by atoms with Crippen molar-refractivity contribution in [2.24, 2.45) is 4.99 Å². The molecule has 2 unspecified atom stereocenters. The average molecular weight is 527 g/mol. The number of nitrogens with zero attached hydrogens (tertiary/aromatic N) is 3. The molecule has 0 aromatic heterocycles. The summed E-state index contributed by atoms with van der Waals surface area (Å²) in [4.78, 5) is 8.27. The van der Waals surface area contributed by atoms with Crippen LogP contribution in [0.1, 0.15) is 30.5 Å². The van der Waals surface area contributed by atoms with Crippen molar-refractivity contribution in [3.05, 3.63) is 35.4 Å². The zero-order valence-electron chi connectivity index (χ0n) is 17.6. The monoisotopic (exact) mass is 527 g/mol. The summed E-state index contributed by atoms with van der Waals surface area (Å²) >= 11 is 0. The van der Waals surface area contributed by atoms with Crippen LogP contribution in [0.2, 0.25) is 0 Å². The van der Waals surface area contributed by atoms with Crippen LogP contribution < -0.4 is 10.6 Å². The fraction of sp³-hybridized carbons (Fsp3) is 0.650. The summed E-state index contributed by atoms with van der Waals surface area (Å²) in [7, 11) is 4.04. The highest BCUT2D eigenvalue weighted by Crippen LogP contribution is 2.21. The molecule has 1 fully saturated rings. The Morgan fingerprint density at radius 2 is 1.93 bits per heavy atom. The molecule has 0 spiro atoms. The third-order valence-corrected chi connectivity index (χ3v) is 4.87. The SMILES string of the molecule is CCNC(=NCC(c1ccc(C)cc1)N(C)C)NC1CCN(CC(F)(F)F)C1.I. The first-order valence-corrected chi connectivity index (χ1v) is 9.75. The van der Waals surface area contributed by atoms with Crippen LogP contribution in [-0.2, 0) is 0 Å². The number of nitrogens with one attached hydrogen (secondary N) is 2. The zero-order chi connectivity index (χ0) is 20.7.